The van der Waals surface area contributed by atoms with E-state index in [2.05, 4.69) is 4.90 Å². The van der Waals surface area contributed by atoms with Crippen molar-refractivity contribution in [2.24, 2.45) is 5.41 Å². The van der Waals surface area contributed by atoms with E-state index in [0.717, 1.165) is 18.4 Å². The summed E-state index contributed by atoms with van der Waals surface area (Å²) in [6.45, 7) is 3.70. The van der Waals surface area contributed by atoms with Crippen LogP contribution in [0.25, 0.3) is 0 Å². The van der Waals surface area contributed by atoms with Crippen LogP contribution < -0.4 is 0 Å². The standard InChI is InChI=1S/C14H18FN/c15-13-3-1-12(2-4-13)5-9-16-10-8-14(11-16)6-7-14/h1-4H,5-11H2. The number of likely N-dealkylation sites (tertiary alicyclic amines) is 1. The van der Waals surface area contributed by atoms with Gasteiger partial charge in [-0.1, -0.05) is 12.1 Å². The minimum absolute atomic E-state index is 0.137. The summed E-state index contributed by atoms with van der Waals surface area (Å²) < 4.78 is 12.7. The minimum Gasteiger partial charge on any atom is -0.302 e. The van der Waals surface area contributed by atoms with Crippen LogP contribution in [0.2, 0.25) is 0 Å². The molecule has 3 rings (SSSR count). The maximum absolute atomic E-state index is 12.7. The van der Waals surface area contributed by atoms with Gasteiger partial charge in [-0.25, -0.2) is 4.39 Å². The fourth-order valence-electron chi connectivity index (χ4n) is 2.74. The first-order valence-electron chi connectivity index (χ1n) is 6.23. The summed E-state index contributed by atoms with van der Waals surface area (Å²) >= 11 is 0. The lowest BCUT2D eigenvalue weighted by Crippen LogP contribution is -2.23. The van der Waals surface area contributed by atoms with Gasteiger partial charge in [0.1, 0.15) is 5.82 Å². The summed E-state index contributed by atoms with van der Waals surface area (Å²) in [5, 5.41) is 0. The van der Waals surface area contributed by atoms with Crippen molar-refractivity contribution in [3.05, 3.63) is 35.6 Å². The van der Waals surface area contributed by atoms with Gasteiger partial charge in [0.15, 0.2) is 0 Å². The SMILES string of the molecule is Fc1ccc(CCN2CCC3(CC3)C2)cc1. The van der Waals surface area contributed by atoms with Gasteiger partial charge in [0.05, 0.1) is 0 Å². The molecule has 86 valence electrons. The summed E-state index contributed by atoms with van der Waals surface area (Å²) in [7, 11) is 0. The summed E-state index contributed by atoms with van der Waals surface area (Å²) in [4.78, 5) is 2.57. The van der Waals surface area contributed by atoms with Crippen LogP contribution in [-0.4, -0.2) is 24.5 Å². The maximum atomic E-state index is 12.7. The van der Waals surface area contributed by atoms with Crippen LogP contribution in [0.1, 0.15) is 24.8 Å². The van der Waals surface area contributed by atoms with Crippen LogP contribution in [0.15, 0.2) is 24.3 Å². The molecule has 1 aromatic carbocycles. The molecule has 2 aliphatic rings. The van der Waals surface area contributed by atoms with Gasteiger partial charge in [-0.15, -0.1) is 0 Å². The largest absolute Gasteiger partial charge is 0.302 e. The van der Waals surface area contributed by atoms with E-state index in [0.29, 0.717) is 0 Å². The minimum atomic E-state index is -0.137. The second kappa shape index (κ2) is 3.85. The van der Waals surface area contributed by atoms with E-state index in [-0.39, 0.29) is 5.82 Å². The maximum Gasteiger partial charge on any atom is 0.123 e. The molecule has 2 heteroatoms. The van der Waals surface area contributed by atoms with Crippen LogP contribution >= 0.6 is 0 Å². The van der Waals surface area contributed by atoms with Crippen LogP contribution in [-0.2, 0) is 6.42 Å². The first kappa shape index (κ1) is 10.3. The zero-order valence-corrected chi connectivity index (χ0v) is 9.58. The second-order valence-electron chi connectivity index (χ2n) is 5.40. The molecule has 2 fully saturated rings. The normalized spacial score (nSPS) is 22.8. The Labute approximate surface area is 96.3 Å². The molecule has 0 N–H and O–H groups in total. The number of hydrogen-bond acceptors (Lipinski definition) is 1. The molecule has 0 bridgehead atoms. The number of rotatable bonds is 3. The molecular weight excluding hydrogens is 201 g/mol. The van der Waals surface area contributed by atoms with Gasteiger partial charge in [-0.2, -0.15) is 0 Å². The topological polar surface area (TPSA) is 3.24 Å². The highest BCUT2D eigenvalue weighted by atomic mass is 19.1. The third-order valence-electron chi connectivity index (χ3n) is 4.10. The fourth-order valence-corrected chi connectivity index (χ4v) is 2.74. The molecule has 1 aliphatic heterocycles. The van der Waals surface area contributed by atoms with E-state index in [9.17, 15) is 4.39 Å². The molecule has 1 aromatic rings. The fraction of sp³-hybridized carbons (Fsp3) is 0.571. The molecule has 1 saturated carbocycles. The third kappa shape index (κ3) is 2.12. The first-order chi connectivity index (χ1) is 7.76. The highest BCUT2D eigenvalue weighted by Crippen LogP contribution is 2.52. The van der Waals surface area contributed by atoms with Gasteiger partial charge in [-0.3, -0.25) is 0 Å². The molecule has 0 amide bonds. The van der Waals surface area contributed by atoms with Gasteiger partial charge >= 0.3 is 0 Å². The Bertz CT molecular complexity index is 367. The smallest absolute Gasteiger partial charge is 0.123 e. The summed E-state index contributed by atoms with van der Waals surface area (Å²) in [5.74, 6) is -0.137. The van der Waals surface area contributed by atoms with E-state index in [1.54, 1.807) is 12.1 Å². The summed E-state index contributed by atoms with van der Waals surface area (Å²) in [5.41, 5.74) is 1.97. The lowest BCUT2D eigenvalue weighted by Gasteiger charge is -2.15. The molecular formula is C14H18FN. The van der Waals surface area contributed by atoms with Crippen molar-refractivity contribution >= 4 is 0 Å². The lowest BCUT2D eigenvalue weighted by molar-refractivity contribution is 0.324. The average Bonchev–Trinajstić information content (AvgIpc) is 2.91. The van der Waals surface area contributed by atoms with E-state index in [1.807, 2.05) is 12.1 Å². The van der Waals surface area contributed by atoms with Crippen molar-refractivity contribution in [3.63, 3.8) is 0 Å². The number of hydrogen-bond donors (Lipinski definition) is 0. The molecule has 0 atom stereocenters. The molecule has 0 unspecified atom stereocenters. The van der Waals surface area contributed by atoms with Crippen molar-refractivity contribution in [1.29, 1.82) is 0 Å². The third-order valence-corrected chi connectivity index (χ3v) is 4.10. The zero-order valence-electron chi connectivity index (χ0n) is 9.58. The molecule has 1 aliphatic carbocycles. The lowest BCUT2D eigenvalue weighted by atomic mass is 10.1. The molecule has 1 saturated heterocycles. The number of benzene rings is 1. The molecule has 0 radical (unpaired) electrons. The Morgan fingerprint density at radius 3 is 2.50 bits per heavy atom. The molecule has 1 spiro atoms. The Morgan fingerprint density at radius 2 is 1.88 bits per heavy atom. The van der Waals surface area contributed by atoms with Crippen LogP contribution in [0.3, 0.4) is 0 Å². The number of halogens is 1. The predicted molar refractivity (Wildman–Crippen MR) is 62.8 cm³/mol. The molecule has 0 aromatic heterocycles. The van der Waals surface area contributed by atoms with Crippen molar-refractivity contribution in [2.45, 2.75) is 25.7 Å². The van der Waals surface area contributed by atoms with E-state index in [4.69, 9.17) is 0 Å². The van der Waals surface area contributed by atoms with E-state index in [1.165, 1.54) is 37.9 Å². The quantitative estimate of drug-likeness (QED) is 0.755. The average molecular weight is 219 g/mol. The Hall–Kier alpha value is -0.890. The molecule has 16 heavy (non-hydrogen) atoms. The van der Waals surface area contributed by atoms with Crippen molar-refractivity contribution in [1.82, 2.24) is 4.90 Å². The zero-order chi connectivity index (χ0) is 11.0. The Balaban J connectivity index is 1.51. The van der Waals surface area contributed by atoms with Crippen molar-refractivity contribution in [3.8, 4) is 0 Å². The number of nitrogens with zero attached hydrogens (tertiary/aromatic N) is 1. The Morgan fingerprint density at radius 1 is 1.12 bits per heavy atom. The highest BCUT2D eigenvalue weighted by Gasteiger charge is 2.47. The van der Waals surface area contributed by atoms with E-state index < -0.39 is 0 Å². The van der Waals surface area contributed by atoms with Crippen molar-refractivity contribution < 1.29 is 4.39 Å². The van der Waals surface area contributed by atoms with Gasteiger partial charge in [-0.05, 0) is 55.3 Å². The Kier molecular flexibility index (Phi) is 2.47. The highest BCUT2D eigenvalue weighted by molar-refractivity contribution is 5.16. The van der Waals surface area contributed by atoms with Crippen LogP contribution in [0.5, 0.6) is 0 Å². The monoisotopic (exact) mass is 219 g/mol. The van der Waals surface area contributed by atoms with Gasteiger partial charge in [0, 0.05) is 13.1 Å². The predicted octanol–water partition coefficient (Wildman–Crippen LogP) is 2.85. The van der Waals surface area contributed by atoms with E-state index >= 15 is 0 Å². The first-order valence-corrected chi connectivity index (χ1v) is 6.23. The van der Waals surface area contributed by atoms with Gasteiger partial charge in [0.25, 0.3) is 0 Å². The molecule has 1 nitrogen and oxygen atoms in total. The van der Waals surface area contributed by atoms with Crippen LogP contribution in [0, 0.1) is 11.2 Å². The second-order valence-corrected chi connectivity index (χ2v) is 5.40. The summed E-state index contributed by atoms with van der Waals surface area (Å²) in [6, 6.07) is 6.92. The summed E-state index contributed by atoms with van der Waals surface area (Å²) in [6.07, 6.45) is 5.34. The van der Waals surface area contributed by atoms with Gasteiger partial charge < -0.3 is 4.90 Å². The van der Waals surface area contributed by atoms with Crippen molar-refractivity contribution in [2.75, 3.05) is 19.6 Å². The molecule has 1 heterocycles. The van der Waals surface area contributed by atoms with Crippen LogP contribution in [0.4, 0.5) is 4.39 Å². The van der Waals surface area contributed by atoms with Gasteiger partial charge in [0.2, 0.25) is 0 Å².